The van der Waals surface area contributed by atoms with Crippen LogP contribution in [0.1, 0.15) is 36.7 Å². The van der Waals surface area contributed by atoms with E-state index in [2.05, 4.69) is 73.1 Å². The van der Waals surface area contributed by atoms with Gasteiger partial charge in [-0.15, -0.1) is 0 Å². The van der Waals surface area contributed by atoms with Crippen LogP contribution < -0.4 is 10.6 Å². The number of aliphatic imine (C=N–C) groups is 1. The summed E-state index contributed by atoms with van der Waals surface area (Å²) < 4.78 is 5.32. The Morgan fingerprint density at radius 3 is 2.48 bits per heavy atom. The van der Waals surface area contributed by atoms with Crippen molar-refractivity contribution in [3.05, 3.63) is 71.5 Å². The van der Waals surface area contributed by atoms with E-state index in [1.807, 2.05) is 26.1 Å². The van der Waals surface area contributed by atoms with E-state index in [1.54, 1.807) is 0 Å². The number of aromatic nitrogens is 2. The molecule has 0 radical (unpaired) electrons. The average molecular weight is 447 g/mol. The molecular formula is C26H34N6O. The lowest BCUT2D eigenvalue weighted by Crippen LogP contribution is -2.48. The topological polar surface area (TPSA) is 78.6 Å². The second-order valence-electron chi connectivity index (χ2n) is 8.50. The third-order valence-corrected chi connectivity index (χ3v) is 6.09. The minimum absolute atomic E-state index is 0.463. The van der Waals surface area contributed by atoms with E-state index < -0.39 is 0 Å². The van der Waals surface area contributed by atoms with Gasteiger partial charge in [0.15, 0.2) is 11.8 Å². The van der Waals surface area contributed by atoms with Gasteiger partial charge in [0, 0.05) is 51.3 Å². The van der Waals surface area contributed by atoms with Gasteiger partial charge in [-0.2, -0.15) is 4.98 Å². The first-order valence-corrected chi connectivity index (χ1v) is 11.9. The van der Waals surface area contributed by atoms with Gasteiger partial charge < -0.3 is 15.2 Å². The van der Waals surface area contributed by atoms with E-state index in [-0.39, 0.29) is 0 Å². The quantitative estimate of drug-likeness (QED) is 0.406. The van der Waals surface area contributed by atoms with Gasteiger partial charge in [-0.1, -0.05) is 54.5 Å². The third-order valence-electron chi connectivity index (χ3n) is 6.09. The Morgan fingerprint density at radius 1 is 1.06 bits per heavy atom. The van der Waals surface area contributed by atoms with Gasteiger partial charge in [0.2, 0.25) is 0 Å². The van der Waals surface area contributed by atoms with Crippen molar-refractivity contribution in [2.24, 2.45) is 4.99 Å². The van der Waals surface area contributed by atoms with Crippen LogP contribution in [0.5, 0.6) is 0 Å². The third kappa shape index (κ3) is 6.65. The molecule has 1 aliphatic rings. The van der Waals surface area contributed by atoms with Gasteiger partial charge in [-0.05, 0) is 42.5 Å². The number of benzene rings is 2. The highest BCUT2D eigenvalue weighted by atomic mass is 16.5. The van der Waals surface area contributed by atoms with E-state index in [0.29, 0.717) is 11.9 Å². The molecule has 1 fully saturated rings. The van der Waals surface area contributed by atoms with Crippen molar-refractivity contribution in [2.75, 3.05) is 26.7 Å². The highest BCUT2D eigenvalue weighted by Crippen LogP contribution is 2.18. The average Bonchev–Trinajstić information content (AvgIpc) is 3.35. The summed E-state index contributed by atoms with van der Waals surface area (Å²) in [6.45, 7) is 6.09. The summed E-state index contributed by atoms with van der Waals surface area (Å²) in [4.78, 5) is 11.3. The van der Waals surface area contributed by atoms with Crippen LogP contribution in [0.25, 0.3) is 11.5 Å². The second kappa shape index (κ2) is 11.6. The number of rotatable bonds is 8. The molecule has 0 amide bonds. The Bertz CT molecular complexity index is 1010. The molecule has 174 valence electrons. The van der Waals surface area contributed by atoms with Crippen LogP contribution in [0.15, 0.2) is 64.1 Å². The summed E-state index contributed by atoms with van der Waals surface area (Å²) >= 11 is 0. The lowest BCUT2D eigenvalue weighted by Gasteiger charge is -2.33. The zero-order chi connectivity index (χ0) is 22.9. The molecule has 0 bridgehead atoms. The fourth-order valence-electron chi connectivity index (χ4n) is 4.12. The molecule has 0 aliphatic carbocycles. The molecule has 33 heavy (non-hydrogen) atoms. The van der Waals surface area contributed by atoms with E-state index in [1.165, 1.54) is 11.1 Å². The SMILES string of the molecule is CCc1noc(-c2ccc(CCNC(=NC)NC3CCN(Cc4ccccc4)CC3)cc2)n1. The maximum atomic E-state index is 5.32. The minimum atomic E-state index is 0.463. The first-order chi connectivity index (χ1) is 16.2. The Kier molecular flexibility index (Phi) is 8.09. The smallest absolute Gasteiger partial charge is 0.257 e. The molecule has 3 aromatic rings. The maximum Gasteiger partial charge on any atom is 0.257 e. The fourth-order valence-corrected chi connectivity index (χ4v) is 4.12. The van der Waals surface area contributed by atoms with Crippen molar-refractivity contribution in [1.29, 1.82) is 0 Å². The van der Waals surface area contributed by atoms with Crippen molar-refractivity contribution in [3.8, 4) is 11.5 Å². The molecule has 0 spiro atoms. The highest BCUT2D eigenvalue weighted by Gasteiger charge is 2.20. The first kappa shape index (κ1) is 23.0. The van der Waals surface area contributed by atoms with Gasteiger partial charge in [0.05, 0.1) is 0 Å². The predicted molar refractivity (Wildman–Crippen MR) is 132 cm³/mol. The number of hydrogen-bond donors (Lipinski definition) is 2. The van der Waals surface area contributed by atoms with Gasteiger partial charge in [-0.3, -0.25) is 9.89 Å². The van der Waals surface area contributed by atoms with Crippen molar-refractivity contribution in [3.63, 3.8) is 0 Å². The second-order valence-corrected chi connectivity index (χ2v) is 8.50. The van der Waals surface area contributed by atoms with Crippen molar-refractivity contribution < 1.29 is 4.52 Å². The minimum Gasteiger partial charge on any atom is -0.356 e. The predicted octanol–water partition coefficient (Wildman–Crippen LogP) is 3.67. The number of aryl methyl sites for hydroxylation is 1. The number of guanidine groups is 1. The zero-order valence-corrected chi connectivity index (χ0v) is 19.6. The molecule has 4 rings (SSSR count). The molecule has 2 N–H and O–H groups in total. The summed E-state index contributed by atoms with van der Waals surface area (Å²) in [5.74, 6) is 2.20. The maximum absolute atomic E-state index is 5.32. The molecule has 1 saturated heterocycles. The summed E-state index contributed by atoms with van der Waals surface area (Å²) in [6.07, 6.45) is 3.95. The Morgan fingerprint density at radius 2 is 1.82 bits per heavy atom. The standard InChI is InChI=1S/C26H34N6O/c1-3-24-30-25(33-31-24)22-11-9-20(10-12-22)13-16-28-26(27-2)29-23-14-17-32(18-15-23)19-21-7-5-4-6-8-21/h4-12,23H,3,13-19H2,1-2H3,(H2,27,28,29). The molecule has 2 heterocycles. The lowest BCUT2D eigenvalue weighted by molar-refractivity contribution is 0.198. The molecule has 7 heteroatoms. The molecule has 2 aromatic carbocycles. The number of hydrogen-bond acceptors (Lipinski definition) is 5. The highest BCUT2D eigenvalue weighted by molar-refractivity contribution is 5.80. The zero-order valence-electron chi connectivity index (χ0n) is 19.6. The van der Waals surface area contributed by atoms with E-state index in [0.717, 1.165) is 69.2 Å². The molecule has 1 aliphatic heterocycles. The molecule has 0 unspecified atom stereocenters. The lowest BCUT2D eigenvalue weighted by atomic mass is 10.0. The van der Waals surface area contributed by atoms with Crippen LogP contribution in [0, 0.1) is 0 Å². The van der Waals surface area contributed by atoms with E-state index in [4.69, 9.17) is 4.52 Å². The van der Waals surface area contributed by atoms with Crippen LogP contribution in [-0.2, 0) is 19.4 Å². The Balaban J connectivity index is 1.18. The van der Waals surface area contributed by atoms with Gasteiger partial charge in [0.25, 0.3) is 5.89 Å². The van der Waals surface area contributed by atoms with Crippen molar-refractivity contribution in [1.82, 2.24) is 25.7 Å². The van der Waals surface area contributed by atoms with Crippen LogP contribution >= 0.6 is 0 Å². The van der Waals surface area contributed by atoms with Crippen LogP contribution in [0.4, 0.5) is 0 Å². The molecule has 0 atom stereocenters. The normalized spacial score (nSPS) is 15.5. The van der Waals surface area contributed by atoms with Crippen molar-refractivity contribution >= 4 is 5.96 Å². The largest absolute Gasteiger partial charge is 0.356 e. The van der Waals surface area contributed by atoms with Crippen LogP contribution in [0.2, 0.25) is 0 Å². The van der Waals surface area contributed by atoms with Crippen molar-refractivity contribution in [2.45, 2.75) is 45.2 Å². The van der Waals surface area contributed by atoms with E-state index >= 15 is 0 Å². The van der Waals surface area contributed by atoms with Gasteiger partial charge in [0.1, 0.15) is 0 Å². The number of piperidine rings is 1. The first-order valence-electron chi connectivity index (χ1n) is 11.9. The number of nitrogens with zero attached hydrogens (tertiary/aromatic N) is 4. The monoisotopic (exact) mass is 446 g/mol. The molecular weight excluding hydrogens is 412 g/mol. The number of likely N-dealkylation sites (tertiary alicyclic amines) is 1. The van der Waals surface area contributed by atoms with Gasteiger partial charge in [-0.25, -0.2) is 0 Å². The van der Waals surface area contributed by atoms with Crippen LogP contribution in [0.3, 0.4) is 0 Å². The van der Waals surface area contributed by atoms with E-state index in [9.17, 15) is 0 Å². The Hall–Kier alpha value is -3.19. The summed E-state index contributed by atoms with van der Waals surface area (Å²) in [5, 5.41) is 11.0. The molecule has 7 nitrogen and oxygen atoms in total. The Labute approximate surface area is 196 Å². The summed E-state index contributed by atoms with van der Waals surface area (Å²) in [7, 11) is 1.84. The summed E-state index contributed by atoms with van der Waals surface area (Å²) in [6, 6.07) is 19.5. The summed E-state index contributed by atoms with van der Waals surface area (Å²) in [5.41, 5.74) is 3.60. The van der Waals surface area contributed by atoms with Crippen LogP contribution in [-0.4, -0.2) is 53.7 Å². The van der Waals surface area contributed by atoms with Gasteiger partial charge >= 0.3 is 0 Å². The fraction of sp³-hybridized carbons (Fsp3) is 0.423. The number of nitrogens with one attached hydrogen (secondary N) is 2. The molecule has 0 saturated carbocycles. The molecule has 1 aromatic heterocycles.